The number of aryl methyl sites for hydroxylation is 1. The van der Waals surface area contributed by atoms with Crippen molar-refractivity contribution < 1.29 is 4.79 Å². The molecule has 29 heavy (non-hydrogen) atoms. The van der Waals surface area contributed by atoms with E-state index < -0.39 is 0 Å². The third kappa shape index (κ3) is 2.69. The molecule has 0 bridgehead atoms. The van der Waals surface area contributed by atoms with Gasteiger partial charge in [-0.2, -0.15) is 0 Å². The zero-order valence-corrected chi connectivity index (χ0v) is 18.2. The van der Waals surface area contributed by atoms with E-state index in [9.17, 15) is 4.79 Å². The first-order valence-corrected chi connectivity index (χ1v) is 11.1. The summed E-state index contributed by atoms with van der Waals surface area (Å²) in [5.74, 6) is 1.46. The molecule has 3 nitrogen and oxygen atoms in total. The number of rotatable bonds is 1. The van der Waals surface area contributed by atoms with Gasteiger partial charge in [0.05, 0.1) is 0 Å². The molecule has 0 saturated heterocycles. The number of amides is 1. The number of pyridine rings is 1. The van der Waals surface area contributed by atoms with Crippen LogP contribution in [0.5, 0.6) is 0 Å². The van der Waals surface area contributed by atoms with Crippen LogP contribution in [0.25, 0.3) is 5.57 Å². The Balaban J connectivity index is 1.49. The maximum Gasteiger partial charge on any atom is 0.246 e. The quantitative estimate of drug-likeness (QED) is 0.651. The fraction of sp³-hybridized carbons (Fsp3) is 0.538. The molecule has 3 heteroatoms. The summed E-state index contributed by atoms with van der Waals surface area (Å²) in [6.07, 6.45) is 16.5. The molecule has 2 saturated carbocycles. The Morgan fingerprint density at radius 3 is 2.76 bits per heavy atom. The van der Waals surface area contributed by atoms with Crippen molar-refractivity contribution in [2.24, 2.45) is 22.7 Å². The molecule has 4 aliphatic rings. The zero-order chi connectivity index (χ0) is 20.4. The SMILES string of the molecule is Cc1cncc(C2=CC=C3C4CCC5=CC(=O)N(C)CCC5(C)C4CCC23C)c1. The monoisotopic (exact) mass is 388 g/mol. The maximum atomic E-state index is 12.5. The molecule has 2 heterocycles. The molecule has 0 aromatic carbocycles. The molecule has 1 aromatic heterocycles. The number of hydrogen-bond donors (Lipinski definition) is 0. The average Bonchev–Trinajstić information content (AvgIpc) is 3.00. The van der Waals surface area contributed by atoms with Crippen LogP contribution < -0.4 is 0 Å². The molecule has 2 fully saturated rings. The van der Waals surface area contributed by atoms with Crippen LogP contribution in [0.2, 0.25) is 0 Å². The van der Waals surface area contributed by atoms with E-state index in [1.165, 1.54) is 41.5 Å². The summed E-state index contributed by atoms with van der Waals surface area (Å²) in [5, 5.41) is 0. The lowest BCUT2D eigenvalue weighted by Gasteiger charge is -2.55. The normalized spacial score (nSPS) is 36.3. The molecule has 0 radical (unpaired) electrons. The predicted octanol–water partition coefficient (Wildman–Crippen LogP) is 5.33. The van der Waals surface area contributed by atoms with Crippen LogP contribution >= 0.6 is 0 Å². The third-order valence-corrected chi connectivity index (χ3v) is 8.60. The van der Waals surface area contributed by atoms with Gasteiger partial charge in [-0.25, -0.2) is 0 Å². The topological polar surface area (TPSA) is 33.2 Å². The molecule has 152 valence electrons. The lowest BCUT2D eigenvalue weighted by Crippen LogP contribution is -2.46. The second-order valence-electron chi connectivity index (χ2n) is 10.2. The van der Waals surface area contributed by atoms with Crippen molar-refractivity contribution in [3.8, 4) is 0 Å². The third-order valence-electron chi connectivity index (χ3n) is 8.60. The first-order valence-electron chi connectivity index (χ1n) is 11.1. The Morgan fingerprint density at radius 2 is 1.97 bits per heavy atom. The first-order chi connectivity index (χ1) is 13.8. The van der Waals surface area contributed by atoms with Crippen molar-refractivity contribution in [3.63, 3.8) is 0 Å². The zero-order valence-electron chi connectivity index (χ0n) is 18.2. The van der Waals surface area contributed by atoms with E-state index in [-0.39, 0.29) is 16.7 Å². The summed E-state index contributed by atoms with van der Waals surface area (Å²) in [7, 11) is 1.95. The Kier molecular flexibility index (Phi) is 4.17. The van der Waals surface area contributed by atoms with Crippen LogP contribution in [0, 0.1) is 29.6 Å². The summed E-state index contributed by atoms with van der Waals surface area (Å²) in [6, 6.07) is 2.28. The van der Waals surface area contributed by atoms with Crippen molar-refractivity contribution >= 4 is 11.5 Å². The highest BCUT2D eigenvalue weighted by Crippen LogP contribution is 2.64. The van der Waals surface area contributed by atoms with E-state index in [1.807, 2.05) is 30.4 Å². The maximum absolute atomic E-state index is 12.5. The Bertz CT molecular complexity index is 971. The van der Waals surface area contributed by atoms with Gasteiger partial charge in [-0.1, -0.05) is 37.1 Å². The number of allylic oxidation sites excluding steroid dienone is 5. The first kappa shape index (κ1) is 18.8. The standard InChI is InChI=1S/C26H32N2O/c1-17-13-18(16-27-15-17)21-7-8-22-20-6-5-19-14-24(29)28(4)12-11-25(19,2)23(20)9-10-26(21,22)3/h7-8,13-16,20,23H,5-6,9-12H2,1-4H3. The number of carbonyl (C=O) groups excluding carboxylic acids is 1. The van der Waals surface area contributed by atoms with Crippen molar-refractivity contribution in [1.29, 1.82) is 0 Å². The average molecular weight is 389 g/mol. The number of nitrogens with zero attached hydrogens (tertiary/aromatic N) is 2. The van der Waals surface area contributed by atoms with E-state index >= 15 is 0 Å². The number of carbonyl (C=O) groups is 1. The predicted molar refractivity (Wildman–Crippen MR) is 117 cm³/mol. The van der Waals surface area contributed by atoms with Gasteiger partial charge >= 0.3 is 0 Å². The van der Waals surface area contributed by atoms with Crippen LogP contribution in [0.15, 0.2) is 47.8 Å². The van der Waals surface area contributed by atoms with Crippen molar-refractivity contribution in [3.05, 3.63) is 59.0 Å². The minimum atomic E-state index is 0.131. The number of fused-ring (bicyclic) bond motifs is 5. The van der Waals surface area contributed by atoms with Crippen molar-refractivity contribution in [1.82, 2.24) is 9.88 Å². The Hall–Kier alpha value is -2.16. The molecule has 1 aromatic rings. The van der Waals surface area contributed by atoms with Gasteiger partial charge < -0.3 is 4.90 Å². The molecule has 0 N–H and O–H groups in total. The van der Waals surface area contributed by atoms with Crippen LogP contribution in [0.3, 0.4) is 0 Å². The van der Waals surface area contributed by atoms with Crippen molar-refractivity contribution in [2.75, 3.05) is 13.6 Å². The van der Waals surface area contributed by atoms with Crippen LogP contribution in [0.4, 0.5) is 0 Å². The van der Waals surface area contributed by atoms with E-state index in [1.54, 1.807) is 5.57 Å². The van der Waals surface area contributed by atoms with Gasteiger partial charge in [0.1, 0.15) is 0 Å². The summed E-state index contributed by atoms with van der Waals surface area (Å²) < 4.78 is 0. The highest BCUT2D eigenvalue weighted by Gasteiger charge is 2.54. The fourth-order valence-corrected chi connectivity index (χ4v) is 6.79. The number of likely N-dealkylation sites (N-methyl/N-ethyl adjacent to an activating group) is 1. The Morgan fingerprint density at radius 1 is 1.14 bits per heavy atom. The highest BCUT2D eigenvalue weighted by molar-refractivity contribution is 5.88. The smallest absolute Gasteiger partial charge is 0.246 e. The highest BCUT2D eigenvalue weighted by atomic mass is 16.2. The lowest BCUT2D eigenvalue weighted by atomic mass is 9.49. The van der Waals surface area contributed by atoms with Gasteiger partial charge in [0.25, 0.3) is 0 Å². The second kappa shape index (κ2) is 6.42. The largest absolute Gasteiger partial charge is 0.342 e. The van der Waals surface area contributed by atoms with E-state index in [2.05, 4.69) is 44.0 Å². The van der Waals surface area contributed by atoms with Gasteiger partial charge in [0.15, 0.2) is 0 Å². The minimum absolute atomic E-state index is 0.131. The van der Waals surface area contributed by atoms with Gasteiger partial charge in [0.2, 0.25) is 5.91 Å². The fourth-order valence-electron chi connectivity index (χ4n) is 6.79. The molecule has 4 atom stereocenters. The molecular weight excluding hydrogens is 356 g/mol. The number of hydrogen-bond acceptors (Lipinski definition) is 2. The van der Waals surface area contributed by atoms with Crippen LogP contribution in [-0.2, 0) is 4.79 Å². The molecule has 3 aliphatic carbocycles. The second-order valence-corrected chi connectivity index (χ2v) is 10.2. The van der Waals surface area contributed by atoms with Gasteiger partial charge in [-0.05, 0) is 79.0 Å². The Labute approximate surface area is 174 Å². The van der Waals surface area contributed by atoms with E-state index in [0.717, 1.165) is 19.4 Å². The van der Waals surface area contributed by atoms with Gasteiger partial charge in [-0.15, -0.1) is 0 Å². The molecule has 1 aliphatic heterocycles. The van der Waals surface area contributed by atoms with Crippen molar-refractivity contribution in [2.45, 2.75) is 52.9 Å². The molecular formula is C26H32N2O. The molecule has 1 amide bonds. The van der Waals surface area contributed by atoms with Gasteiger partial charge in [-0.3, -0.25) is 9.78 Å². The van der Waals surface area contributed by atoms with E-state index in [4.69, 9.17) is 0 Å². The minimum Gasteiger partial charge on any atom is -0.342 e. The summed E-state index contributed by atoms with van der Waals surface area (Å²) in [5.41, 5.74) is 7.28. The molecule has 0 spiro atoms. The summed E-state index contributed by atoms with van der Waals surface area (Å²) in [6.45, 7) is 7.89. The summed E-state index contributed by atoms with van der Waals surface area (Å²) >= 11 is 0. The van der Waals surface area contributed by atoms with Gasteiger partial charge in [0, 0.05) is 37.5 Å². The summed E-state index contributed by atoms with van der Waals surface area (Å²) in [4.78, 5) is 18.8. The van der Waals surface area contributed by atoms with Crippen LogP contribution in [0.1, 0.15) is 57.1 Å². The van der Waals surface area contributed by atoms with E-state index in [0.29, 0.717) is 11.8 Å². The lowest BCUT2D eigenvalue weighted by molar-refractivity contribution is -0.124. The molecule has 4 unspecified atom stereocenters. The number of aromatic nitrogens is 1. The molecule has 5 rings (SSSR count). The van der Waals surface area contributed by atoms with Crippen LogP contribution in [-0.4, -0.2) is 29.4 Å².